The van der Waals surface area contributed by atoms with Crippen LogP contribution in [-0.4, -0.2) is 28.3 Å². The lowest BCUT2D eigenvalue weighted by atomic mass is 10.1. The van der Waals surface area contributed by atoms with Crippen molar-refractivity contribution in [3.63, 3.8) is 0 Å². The van der Waals surface area contributed by atoms with Crippen LogP contribution in [0, 0.1) is 0 Å². The molecule has 0 spiro atoms. The fourth-order valence-corrected chi connectivity index (χ4v) is 2.46. The van der Waals surface area contributed by atoms with Crippen molar-refractivity contribution < 1.29 is 0 Å². The van der Waals surface area contributed by atoms with E-state index in [-0.39, 0.29) is 0 Å². The molecule has 1 heterocycles. The Balaban J connectivity index is 2.10. The Morgan fingerprint density at radius 3 is 2.88 bits per heavy atom. The van der Waals surface area contributed by atoms with Gasteiger partial charge in [-0.2, -0.15) is 0 Å². The van der Waals surface area contributed by atoms with E-state index < -0.39 is 0 Å². The standard InChI is InChI=1S/C13H23N3S/c1-3-7-15-12(4-2)6-5-10-17-13-11-14-8-9-16-13/h8-9,11-12,15H,3-7,10H2,1-2H3. The summed E-state index contributed by atoms with van der Waals surface area (Å²) in [5.74, 6) is 1.13. The minimum absolute atomic E-state index is 0.678. The van der Waals surface area contributed by atoms with Gasteiger partial charge in [0, 0.05) is 18.4 Å². The molecule has 0 bridgehead atoms. The van der Waals surface area contributed by atoms with Gasteiger partial charge in [-0.15, -0.1) is 11.8 Å². The zero-order chi connectivity index (χ0) is 12.3. The van der Waals surface area contributed by atoms with Crippen molar-refractivity contribution in [3.05, 3.63) is 18.6 Å². The van der Waals surface area contributed by atoms with Crippen LogP contribution in [0.15, 0.2) is 23.6 Å². The van der Waals surface area contributed by atoms with Gasteiger partial charge in [0.2, 0.25) is 0 Å². The van der Waals surface area contributed by atoms with Gasteiger partial charge >= 0.3 is 0 Å². The highest BCUT2D eigenvalue weighted by Crippen LogP contribution is 2.15. The molecule has 4 heteroatoms. The lowest BCUT2D eigenvalue weighted by molar-refractivity contribution is 0.465. The lowest BCUT2D eigenvalue weighted by Gasteiger charge is -2.15. The fourth-order valence-electron chi connectivity index (χ4n) is 1.67. The monoisotopic (exact) mass is 253 g/mol. The van der Waals surface area contributed by atoms with Crippen molar-refractivity contribution in [1.82, 2.24) is 15.3 Å². The molecule has 0 saturated carbocycles. The molecular weight excluding hydrogens is 230 g/mol. The Kier molecular flexibility index (Phi) is 8.01. The summed E-state index contributed by atoms with van der Waals surface area (Å²) in [5, 5.41) is 4.61. The molecule has 1 N–H and O–H groups in total. The average Bonchev–Trinajstić information content (AvgIpc) is 2.39. The van der Waals surface area contributed by atoms with Crippen LogP contribution in [0.4, 0.5) is 0 Å². The van der Waals surface area contributed by atoms with E-state index in [2.05, 4.69) is 29.1 Å². The first-order valence-corrected chi connectivity index (χ1v) is 7.47. The summed E-state index contributed by atoms with van der Waals surface area (Å²) in [4.78, 5) is 8.31. The van der Waals surface area contributed by atoms with Gasteiger partial charge in [-0.3, -0.25) is 4.98 Å². The zero-order valence-corrected chi connectivity index (χ0v) is 11.7. The predicted octanol–water partition coefficient (Wildman–Crippen LogP) is 3.13. The largest absolute Gasteiger partial charge is 0.314 e. The van der Waals surface area contributed by atoms with E-state index in [1.54, 1.807) is 24.2 Å². The quantitative estimate of drug-likeness (QED) is 0.542. The summed E-state index contributed by atoms with van der Waals surface area (Å²) in [6, 6.07) is 0.678. The van der Waals surface area contributed by atoms with Crippen LogP contribution >= 0.6 is 11.8 Å². The van der Waals surface area contributed by atoms with Crippen LogP contribution in [0.3, 0.4) is 0 Å². The van der Waals surface area contributed by atoms with Crippen LogP contribution in [0.2, 0.25) is 0 Å². The first-order valence-electron chi connectivity index (χ1n) is 6.49. The second kappa shape index (κ2) is 9.42. The zero-order valence-electron chi connectivity index (χ0n) is 10.9. The van der Waals surface area contributed by atoms with Crippen LogP contribution in [0.5, 0.6) is 0 Å². The Labute approximate surface area is 109 Å². The molecule has 1 rings (SSSR count). The lowest BCUT2D eigenvalue weighted by Crippen LogP contribution is -2.29. The molecule has 1 aromatic heterocycles. The van der Waals surface area contributed by atoms with Gasteiger partial charge in [0.15, 0.2) is 0 Å². The Hall–Kier alpha value is -0.610. The third-order valence-corrected chi connectivity index (χ3v) is 3.66. The van der Waals surface area contributed by atoms with Crippen LogP contribution in [-0.2, 0) is 0 Å². The number of aromatic nitrogens is 2. The predicted molar refractivity (Wildman–Crippen MR) is 74.4 cm³/mol. The van der Waals surface area contributed by atoms with Crippen molar-refractivity contribution in [2.45, 2.75) is 50.6 Å². The molecule has 1 atom stereocenters. The van der Waals surface area contributed by atoms with E-state index in [0.717, 1.165) is 17.3 Å². The molecule has 0 aliphatic rings. The van der Waals surface area contributed by atoms with E-state index in [1.165, 1.54) is 25.7 Å². The topological polar surface area (TPSA) is 37.8 Å². The van der Waals surface area contributed by atoms with Gasteiger partial charge in [0.05, 0.1) is 6.20 Å². The highest BCUT2D eigenvalue weighted by atomic mass is 32.2. The van der Waals surface area contributed by atoms with Gasteiger partial charge in [-0.1, -0.05) is 13.8 Å². The summed E-state index contributed by atoms with van der Waals surface area (Å²) < 4.78 is 0. The van der Waals surface area contributed by atoms with Gasteiger partial charge in [-0.05, 0) is 38.0 Å². The van der Waals surface area contributed by atoms with Crippen molar-refractivity contribution in [2.75, 3.05) is 12.3 Å². The van der Waals surface area contributed by atoms with Crippen LogP contribution in [0.1, 0.15) is 39.5 Å². The molecule has 17 heavy (non-hydrogen) atoms. The molecule has 0 radical (unpaired) electrons. The minimum atomic E-state index is 0.678. The van der Waals surface area contributed by atoms with E-state index in [9.17, 15) is 0 Å². The third kappa shape index (κ3) is 6.64. The molecule has 0 saturated heterocycles. The summed E-state index contributed by atoms with van der Waals surface area (Å²) in [6.45, 7) is 5.60. The second-order valence-corrected chi connectivity index (χ2v) is 5.21. The first-order chi connectivity index (χ1) is 8.36. The number of nitrogens with one attached hydrogen (secondary N) is 1. The average molecular weight is 253 g/mol. The normalized spacial score (nSPS) is 12.6. The van der Waals surface area contributed by atoms with Gasteiger partial charge in [-0.25, -0.2) is 4.98 Å². The van der Waals surface area contributed by atoms with E-state index in [4.69, 9.17) is 0 Å². The second-order valence-electron chi connectivity index (χ2n) is 4.09. The van der Waals surface area contributed by atoms with Gasteiger partial charge in [0.1, 0.15) is 5.03 Å². The highest BCUT2D eigenvalue weighted by Gasteiger charge is 2.04. The van der Waals surface area contributed by atoms with Crippen molar-refractivity contribution in [1.29, 1.82) is 0 Å². The van der Waals surface area contributed by atoms with Crippen LogP contribution < -0.4 is 5.32 Å². The summed E-state index contributed by atoms with van der Waals surface area (Å²) in [5.41, 5.74) is 0. The maximum Gasteiger partial charge on any atom is 0.114 e. The fraction of sp³-hybridized carbons (Fsp3) is 0.692. The smallest absolute Gasteiger partial charge is 0.114 e. The molecule has 3 nitrogen and oxygen atoms in total. The van der Waals surface area contributed by atoms with Crippen molar-refractivity contribution in [3.8, 4) is 0 Å². The first kappa shape index (κ1) is 14.5. The highest BCUT2D eigenvalue weighted by molar-refractivity contribution is 7.99. The Morgan fingerprint density at radius 2 is 2.24 bits per heavy atom. The molecule has 1 aromatic rings. The maximum absolute atomic E-state index is 4.25. The van der Waals surface area contributed by atoms with E-state index >= 15 is 0 Å². The van der Waals surface area contributed by atoms with Gasteiger partial charge in [0.25, 0.3) is 0 Å². The van der Waals surface area contributed by atoms with Crippen molar-refractivity contribution in [2.24, 2.45) is 0 Å². The van der Waals surface area contributed by atoms with E-state index in [0.29, 0.717) is 6.04 Å². The molecule has 96 valence electrons. The molecule has 0 amide bonds. The summed E-state index contributed by atoms with van der Waals surface area (Å²) in [6.07, 6.45) is 10.2. The molecular formula is C13H23N3S. The van der Waals surface area contributed by atoms with Crippen molar-refractivity contribution >= 4 is 11.8 Å². The molecule has 0 aliphatic heterocycles. The summed E-state index contributed by atoms with van der Waals surface area (Å²) >= 11 is 1.80. The molecule has 0 aromatic carbocycles. The minimum Gasteiger partial charge on any atom is -0.314 e. The SMILES string of the molecule is CCCNC(CC)CCCSc1cnccn1. The molecule has 0 aliphatic carbocycles. The van der Waals surface area contributed by atoms with E-state index in [1.807, 2.05) is 6.20 Å². The number of rotatable bonds is 9. The van der Waals surface area contributed by atoms with Gasteiger partial charge < -0.3 is 5.32 Å². The number of hydrogen-bond acceptors (Lipinski definition) is 4. The Morgan fingerprint density at radius 1 is 1.35 bits per heavy atom. The number of nitrogens with zero attached hydrogens (tertiary/aromatic N) is 2. The number of hydrogen-bond donors (Lipinski definition) is 1. The summed E-state index contributed by atoms with van der Waals surface area (Å²) in [7, 11) is 0. The third-order valence-electron chi connectivity index (χ3n) is 2.66. The maximum atomic E-state index is 4.25. The van der Waals surface area contributed by atoms with Crippen LogP contribution in [0.25, 0.3) is 0 Å². The number of thioether (sulfide) groups is 1. The molecule has 1 unspecified atom stereocenters. The molecule has 0 fully saturated rings. The Bertz CT molecular complexity index is 279.